The van der Waals surface area contributed by atoms with Crippen LogP contribution < -0.4 is 9.62 Å². The zero-order valence-corrected chi connectivity index (χ0v) is 16.1. The summed E-state index contributed by atoms with van der Waals surface area (Å²) in [6.45, 7) is 1.94. The number of nitrogens with zero attached hydrogens (tertiary/aromatic N) is 2. The maximum Gasteiger partial charge on any atom is 0.232 e. The molecule has 0 fully saturated rings. The Morgan fingerprint density at radius 2 is 1.96 bits per heavy atom. The molecule has 4 rings (SSSR count). The summed E-state index contributed by atoms with van der Waals surface area (Å²) >= 11 is 1.55. The number of sulfonamides is 1. The number of rotatable bonds is 4. The lowest BCUT2D eigenvalue weighted by atomic mass is 10.1. The monoisotopic (exact) mass is 385 g/mol. The summed E-state index contributed by atoms with van der Waals surface area (Å²) in [6.07, 6.45) is 1.98. The van der Waals surface area contributed by atoms with E-state index in [2.05, 4.69) is 16.4 Å². The van der Waals surface area contributed by atoms with Crippen molar-refractivity contribution < 1.29 is 8.42 Å². The molecule has 0 aliphatic carbocycles. The van der Waals surface area contributed by atoms with E-state index in [9.17, 15) is 8.42 Å². The zero-order valence-electron chi connectivity index (χ0n) is 14.5. The molecule has 1 aliphatic rings. The first-order valence-electron chi connectivity index (χ1n) is 8.32. The number of hydrogen-bond acceptors (Lipinski definition) is 5. The Hall–Kier alpha value is -2.38. The minimum absolute atomic E-state index is 0.0546. The Kier molecular flexibility index (Phi) is 4.20. The van der Waals surface area contributed by atoms with Crippen LogP contribution in [-0.4, -0.2) is 25.7 Å². The topological polar surface area (TPSA) is 62.3 Å². The predicted octanol–water partition coefficient (Wildman–Crippen LogP) is 4.26. The Bertz CT molecular complexity index is 1050. The van der Waals surface area contributed by atoms with Crippen LogP contribution in [0.25, 0.3) is 11.3 Å². The fourth-order valence-electron chi connectivity index (χ4n) is 3.38. The van der Waals surface area contributed by atoms with E-state index in [-0.39, 0.29) is 6.04 Å². The highest BCUT2D eigenvalue weighted by Crippen LogP contribution is 2.37. The van der Waals surface area contributed by atoms with E-state index in [0.29, 0.717) is 0 Å². The highest BCUT2D eigenvalue weighted by Gasteiger charge is 2.32. The predicted molar refractivity (Wildman–Crippen MR) is 108 cm³/mol. The SMILES string of the molecule is C[C@H]1Cc2cc(-c3csc(Nc4ccccc4)n3)ccc2N1S(C)(=O)=O. The summed E-state index contributed by atoms with van der Waals surface area (Å²) in [6, 6.07) is 15.8. The molecule has 0 saturated carbocycles. The van der Waals surface area contributed by atoms with E-state index >= 15 is 0 Å². The van der Waals surface area contributed by atoms with Gasteiger partial charge in [-0.3, -0.25) is 4.31 Å². The van der Waals surface area contributed by atoms with E-state index in [0.717, 1.165) is 39.7 Å². The third-order valence-corrected chi connectivity index (χ3v) is 6.44. The molecule has 5 nitrogen and oxygen atoms in total. The maximum absolute atomic E-state index is 12.0. The van der Waals surface area contributed by atoms with Crippen LogP contribution in [0.5, 0.6) is 0 Å². The lowest BCUT2D eigenvalue weighted by Gasteiger charge is -2.21. The van der Waals surface area contributed by atoms with Gasteiger partial charge in [0.2, 0.25) is 10.0 Å². The highest BCUT2D eigenvalue weighted by atomic mass is 32.2. The van der Waals surface area contributed by atoms with Crippen LogP contribution >= 0.6 is 11.3 Å². The van der Waals surface area contributed by atoms with Gasteiger partial charge in [-0.25, -0.2) is 13.4 Å². The smallest absolute Gasteiger partial charge is 0.232 e. The second-order valence-electron chi connectivity index (χ2n) is 6.48. The first kappa shape index (κ1) is 17.1. The molecule has 0 unspecified atom stereocenters. The van der Waals surface area contributed by atoms with Crippen molar-refractivity contribution in [2.24, 2.45) is 0 Å². The molecule has 3 aromatic rings. The molecule has 1 N–H and O–H groups in total. The summed E-state index contributed by atoms with van der Waals surface area (Å²) < 4.78 is 25.6. The van der Waals surface area contributed by atoms with Crippen molar-refractivity contribution >= 4 is 37.9 Å². The van der Waals surface area contributed by atoms with Crippen LogP contribution in [0.4, 0.5) is 16.5 Å². The summed E-state index contributed by atoms with van der Waals surface area (Å²) in [7, 11) is -3.26. The minimum atomic E-state index is -3.26. The molecule has 0 bridgehead atoms. The van der Waals surface area contributed by atoms with Gasteiger partial charge in [0.1, 0.15) is 0 Å². The van der Waals surface area contributed by atoms with Crippen LogP contribution in [0.2, 0.25) is 0 Å². The van der Waals surface area contributed by atoms with Gasteiger partial charge in [-0.15, -0.1) is 11.3 Å². The van der Waals surface area contributed by atoms with Crippen LogP contribution in [0, 0.1) is 0 Å². The molecule has 0 radical (unpaired) electrons. The standard InChI is InChI=1S/C19H19N3O2S2/c1-13-10-15-11-14(8-9-18(15)22(13)26(2,23)24)17-12-25-19(21-17)20-16-6-4-3-5-7-16/h3-9,11-13H,10H2,1-2H3,(H,20,21)/t13-/m0/s1. The average molecular weight is 386 g/mol. The Balaban J connectivity index is 1.62. The summed E-state index contributed by atoms with van der Waals surface area (Å²) in [5, 5.41) is 6.15. The van der Waals surface area contributed by atoms with E-state index in [1.807, 2.05) is 54.8 Å². The minimum Gasteiger partial charge on any atom is -0.332 e. The first-order valence-corrected chi connectivity index (χ1v) is 11.0. The molecule has 134 valence electrons. The van der Waals surface area contributed by atoms with Gasteiger partial charge >= 0.3 is 0 Å². The van der Waals surface area contributed by atoms with Gasteiger partial charge in [-0.1, -0.05) is 24.3 Å². The Morgan fingerprint density at radius 3 is 2.69 bits per heavy atom. The van der Waals surface area contributed by atoms with Crippen LogP contribution in [0.1, 0.15) is 12.5 Å². The van der Waals surface area contributed by atoms with Crippen LogP contribution in [-0.2, 0) is 16.4 Å². The fourth-order valence-corrected chi connectivity index (χ4v) is 5.38. The molecule has 26 heavy (non-hydrogen) atoms. The lowest BCUT2D eigenvalue weighted by molar-refractivity contribution is 0.590. The molecule has 2 aromatic carbocycles. The third-order valence-electron chi connectivity index (χ3n) is 4.41. The number of benzene rings is 2. The average Bonchev–Trinajstić information content (AvgIpc) is 3.17. The van der Waals surface area contributed by atoms with E-state index < -0.39 is 10.0 Å². The van der Waals surface area contributed by atoms with E-state index in [4.69, 9.17) is 0 Å². The lowest BCUT2D eigenvalue weighted by Crippen LogP contribution is -2.34. The molecule has 0 spiro atoms. The van der Waals surface area contributed by atoms with Crippen molar-refractivity contribution in [2.75, 3.05) is 15.9 Å². The van der Waals surface area contributed by atoms with Gasteiger partial charge in [0.25, 0.3) is 0 Å². The van der Waals surface area contributed by atoms with E-state index in [1.54, 1.807) is 11.3 Å². The number of thiazole rings is 1. The third kappa shape index (κ3) is 3.20. The number of aromatic nitrogens is 1. The molecule has 7 heteroatoms. The zero-order chi connectivity index (χ0) is 18.3. The normalized spacial score (nSPS) is 16.5. The fraction of sp³-hybridized carbons (Fsp3) is 0.211. The van der Waals surface area contributed by atoms with Gasteiger partial charge in [-0.2, -0.15) is 0 Å². The van der Waals surface area contributed by atoms with Gasteiger partial charge < -0.3 is 5.32 Å². The molecule has 0 amide bonds. The molecule has 1 aromatic heterocycles. The Morgan fingerprint density at radius 1 is 1.19 bits per heavy atom. The van der Waals surface area contributed by atoms with Gasteiger partial charge in [0.15, 0.2) is 5.13 Å². The van der Waals surface area contributed by atoms with Crippen LogP contribution in [0.15, 0.2) is 53.9 Å². The van der Waals surface area contributed by atoms with E-state index in [1.165, 1.54) is 10.6 Å². The van der Waals surface area contributed by atoms with Crippen molar-refractivity contribution in [1.82, 2.24) is 4.98 Å². The van der Waals surface area contributed by atoms with Gasteiger partial charge in [0.05, 0.1) is 17.6 Å². The molecular weight excluding hydrogens is 366 g/mol. The number of para-hydroxylation sites is 1. The van der Waals surface area contributed by atoms with Crippen molar-refractivity contribution in [3.05, 3.63) is 59.5 Å². The van der Waals surface area contributed by atoms with Crippen molar-refractivity contribution in [3.8, 4) is 11.3 Å². The number of fused-ring (bicyclic) bond motifs is 1. The highest BCUT2D eigenvalue weighted by molar-refractivity contribution is 7.92. The molecule has 0 saturated heterocycles. The van der Waals surface area contributed by atoms with Crippen LogP contribution in [0.3, 0.4) is 0 Å². The number of anilines is 3. The molecule has 1 aliphatic heterocycles. The number of nitrogens with one attached hydrogen (secondary N) is 1. The van der Waals surface area contributed by atoms with Crippen molar-refractivity contribution in [1.29, 1.82) is 0 Å². The molecular formula is C19H19N3O2S2. The maximum atomic E-state index is 12.0. The van der Waals surface area contributed by atoms with Crippen molar-refractivity contribution in [2.45, 2.75) is 19.4 Å². The number of hydrogen-bond donors (Lipinski definition) is 1. The van der Waals surface area contributed by atoms with Crippen molar-refractivity contribution in [3.63, 3.8) is 0 Å². The summed E-state index contributed by atoms with van der Waals surface area (Å²) in [5.74, 6) is 0. The second-order valence-corrected chi connectivity index (χ2v) is 9.20. The summed E-state index contributed by atoms with van der Waals surface area (Å²) in [5.41, 5.74) is 4.72. The van der Waals surface area contributed by atoms with Gasteiger partial charge in [-0.05, 0) is 43.2 Å². The summed E-state index contributed by atoms with van der Waals surface area (Å²) in [4.78, 5) is 4.66. The van der Waals surface area contributed by atoms with Gasteiger partial charge in [0, 0.05) is 22.7 Å². The largest absolute Gasteiger partial charge is 0.332 e. The molecule has 2 heterocycles. The molecule has 1 atom stereocenters. The quantitative estimate of drug-likeness (QED) is 0.729. The second kappa shape index (κ2) is 6.41. The first-order chi connectivity index (χ1) is 12.4. The Labute approximate surface area is 157 Å².